The number of nitrogens with zero attached hydrogens (tertiary/aromatic N) is 3. The molecule has 3 aliphatic rings. The van der Waals surface area contributed by atoms with Gasteiger partial charge in [-0.25, -0.2) is 9.40 Å². The van der Waals surface area contributed by atoms with Crippen LogP contribution in [-0.4, -0.2) is 61.2 Å². The first-order chi connectivity index (χ1) is 14.7. The number of hydrogen-bond acceptors (Lipinski definition) is 6. The summed E-state index contributed by atoms with van der Waals surface area (Å²) in [6, 6.07) is 11.8. The van der Waals surface area contributed by atoms with Gasteiger partial charge in [0.2, 0.25) is 6.79 Å². The van der Waals surface area contributed by atoms with E-state index in [0.717, 1.165) is 5.56 Å². The van der Waals surface area contributed by atoms with Gasteiger partial charge >= 0.3 is 0 Å². The first kappa shape index (κ1) is 19.0. The van der Waals surface area contributed by atoms with Crippen molar-refractivity contribution in [1.82, 2.24) is 9.91 Å². The number of hydrogen-bond donors (Lipinski definition) is 0. The Morgan fingerprint density at radius 2 is 1.90 bits per heavy atom. The molecule has 7 nitrogen and oxygen atoms in total. The molecule has 1 unspecified atom stereocenters. The Balaban J connectivity index is 1.45. The summed E-state index contributed by atoms with van der Waals surface area (Å²) in [5.41, 5.74) is 1.86. The molecule has 0 saturated carbocycles. The van der Waals surface area contributed by atoms with Crippen LogP contribution >= 0.6 is 0 Å². The molecule has 0 aromatic heterocycles. The summed E-state index contributed by atoms with van der Waals surface area (Å²) >= 11 is 0. The molecule has 1 fully saturated rings. The van der Waals surface area contributed by atoms with Crippen molar-refractivity contribution in [3.05, 3.63) is 59.4 Å². The standard InChI is InChI=1S/C22H22FN3O4/c23-17-4-2-1-3-16(17)18-12-19(15-5-6-20-21(11-15)30-14-29-20)26(24-18)22(27)13-25-7-9-28-10-8-25/h1-6,11,19H,7-10,12-14H2. The topological polar surface area (TPSA) is 63.6 Å². The molecule has 2 aromatic rings. The van der Waals surface area contributed by atoms with Gasteiger partial charge < -0.3 is 14.2 Å². The molecule has 1 atom stereocenters. The van der Waals surface area contributed by atoms with E-state index in [2.05, 4.69) is 10.0 Å². The Labute approximate surface area is 173 Å². The summed E-state index contributed by atoms with van der Waals surface area (Å²) < 4.78 is 30.7. The Morgan fingerprint density at radius 3 is 2.73 bits per heavy atom. The molecular formula is C22H22FN3O4. The fraction of sp³-hybridized carbons (Fsp3) is 0.364. The number of ether oxygens (including phenoxy) is 3. The lowest BCUT2D eigenvalue weighted by Gasteiger charge is -2.29. The number of carbonyl (C=O) groups excluding carboxylic acids is 1. The molecule has 156 valence electrons. The van der Waals surface area contributed by atoms with Crippen LogP contribution in [0.15, 0.2) is 47.6 Å². The normalized spacial score (nSPS) is 21.0. The van der Waals surface area contributed by atoms with Gasteiger partial charge in [-0.2, -0.15) is 5.10 Å². The van der Waals surface area contributed by atoms with Gasteiger partial charge in [0.25, 0.3) is 5.91 Å². The van der Waals surface area contributed by atoms with E-state index in [4.69, 9.17) is 14.2 Å². The van der Waals surface area contributed by atoms with Crippen LogP contribution in [0.25, 0.3) is 0 Å². The third kappa shape index (κ3) is 3.64. The number of rotatable bonds is 4. The van der Waals surface area contributed by atoms with Crippen LogP contribution in [0.2, 0.25) is 0 Å². The third-order valence-corrected chi connectivity index (χ3v) is 5.59. The van der Waals surface area contributed by atoms with Crippen LogP contribution in [0.5, 0.6) is 11.5 Å². The van der Waals surface area contributed by atoms with Gasteiger partial charge in [-0.3, -0.25) is 9.69 Å². The molecule has 8 heteroatoms. The average Bonchev–Trinajstić information content (AvgIpc) is 3.41. The molecule has 3 heterocycles. The lowest BCUT2D eigenvalue weighted by atomic mass is 9.97. The van der Waals surface area contributed by atoms with Crippen molar-refractivity contribution < 1.29 is 23.4 Å². The third-order valence-electron chi connectivity index (χ3n) is 5.59. The van der Waals surface area contributed by atoms with Crippen LogP contribution in [0, 0.1) is 5.82 Å². The van der Waals surface area contributed by atoms with Crippen molar-refractivity contribution >= 4 is 11.6 Å². The second-order valence-electron chi connectivity index (χ2n) is 7.49. The minimum atomic E-state index is -0.344. The zero-order chi connectivity index (χ0) is 20.5. The van der Waals surface area contributed by atoms with Crippen molar-refractivity contribution in [1.29, 1.82) is 0 Å². The van der Waals surface area contributed by atoms with E-state index in [1.165, 1.54) is 11.1 Å². The number of fused-ring (bicyclic) bond motifs is 1. The van der Waals surface area contributed by atoms with E-state index < -0.39 is 0 Å². The van der Waals surface area contributed by atoms with Crippen molar-refractivity contribution in [3.63, 3.8) is 0 Å². The van der Waals surface area contributed by atoms with Gasteiger partial charge in [0, 0.05) is 25.1 Å². The van der Waals surface area contributed by atoms with Crippen LogP contribution in [0.4, 0.5) is 4.39 Å². The first-order valence-corrected chi connectivity index (χ1v) is 10.0. The molecule has 2 aromatic carbocycles. The largest absolute Gasteiger partial charge is 0.454 e. The van der Waals surface area contributed by atoms with Gasteiger partial charge in [0.15, 0.2) is 11.5 Å². The second-order valence-corrected chi connectivity index (χ2v) is 7.49. The van der Waals surface area contributed by atoms with Crippen molar-refractivity contribution in [2.45, 2.75) is 12.5 Å². The van der Waals surface area contributed by atoms with Crippen LogP contribution in [-0.2, 0) is 9.53 Å². The molecule has 0 radical (unpaired) electrons. The molecule has 5 rings (SSSR count). The van der Waals surface area contributed by atoms with E-state index in [-0.39, 0.29) is 31.1 Å². The predicted molar refractivity (Wildman–Crippen MR) is 107 cm³/mol. The SMILES string of the molecule is O=C(CN1CCOCC1)N1N=C(c2ccccc2F)CC1c1ccc2c(c1)OCO2. The number of amides is 1. The molecule has 1 saturated heterocycles. The number of halogens is 1. The maximum atomic E-state index is 14.4. The zero-order valence-electron chi connectivity index (χ0n) is 16.4. The van der Waals surface area contributed by atoms with E-state index in [9.17, 15) is 9.18 Å². The average molecular weight is 411 g/mol. The Kier molecular flexibility index (Phi) is 5.10. The lowest BCUT2D eigenvalue weighted by Crippen LogP contribution is -2.43. The first-order valence-electron chi connectivity index (χ1n) is 10.0. The molecular weight excluding hydrogens is 389 g/mol. The lowest BCUT2D eigenvalue weighted by molar-refractivity contribution is -0.135. The van der Waals surface area contributed by atoms with E-state index in [0.29, 0.717) is 55.5 Å². The summed E-state index contributed by atoms with van der Waals surface area (Å²) in [6.45, 7) is 3.07. The Morgan fingerprint density at radius 1 is 1.10 bits per heavy atom. The van der Waals surface area contributed by atoms with Crippen LogP contribution in [0.3, 0.4) is 0 Å². The molecule has 0 bridgehead atoms. The highest BCUT2D eigenvalue weighted by Crippen LogP contribution is 2.39. The van der Waals surface area contributed by atoms with E-state index >= 15 is 0 Å². The maximum absolute atomic E-state index is 14.4. The molecule has 1 amide bonds. The van der Waals surface area contributed by atoms with Crippen molar-refractivity contribution in [2.24, 2.45) is 5.10 Å². The van der Waals surface area contributed by atoms with Gasteiger partial charge in [0.05, 0.1) is 31.5 Å². The summed E-state index contributed by atoms with van der Waals surface area (Å²) in [7, 11) is 0. The number of morpholine rings is 1. The number of hydrazone groups is 1. The fourth-order valence-corrected chi connectivity index (χ4v) is 4.00. The summed E-state index contributed by atoms with van der Waals surface area (Å²) in [5, 5.41) is 6.06. The maximum Gasteiger partial charge on any atom is 0.257 e. The zero-order valence-corrected chi connectivity index (χ0v) is 16.4. The molecule has 30 heavy (non-hydrogen) atoms. The highest BCUT2D eigenvalue weighted by atomic mass is 19.1. The van der Waals surface area contributed by atoms with Crippen LogP contribution in [0.1, 0.15) is 23.6 Å². The van der Waals surface area contributed by atoms with Gasteiger partial charge in [-0.15, -0.1) is 0 Å². The minimum Gasteiger partial charge on any atom is -0.454 e. The quantitative estimate of drug-likeness (QED) is 0.774. The Bertz CT molecular complexity index is 990. The van der Waals surface area contributed by atoms with Gasteiger partial charge in [-0.1, -0.05) is 24.3 Å². The summed E-state index contributed by atoms with van der Waals surface area (Å²) in [6.07, 6.45) is 0.426. The number of carbonyl (C=O) groups is 1. The highest BCUT2D eigenvalue weighted by Gasteiger charge is 2.35. The second kappa shape index (κ2) is 8.04. The predicted octanol–water partition coefficient (Wildman–Crippen LogP) is 2.56. The van der Waals surface area contributed by atoms with Gasteiger partial charge in [0.1, 0.15) is 5.82 Å². The molecule has 3 aliphatic heterocycles. The van der Waals surface area contributed by atoms with E-state index in [1.807, 2.05) is 18.2 Å². The smallest absolute Gasteiger partial charge is 0.257 e. The Hall–Kier alpha value is -2.97. The minimum absolute atomic E-state index is 0.120. The summed E-state index contributed by atoms with van der Waals surface area (Å²) in [4.78, 5) is 15.2. The number of benzene rings is 2. The highest BCUT2D eigenvalue weighted by molar-refractivity contribution is 6.03. The molecule has 0 aliphatic carbocycles. The van der Waals surface area contributed by atoms with Crippen LogP contribution < -0.4 is 9.47 Å². The fourth-order valence-electron chi connectivity index (χ4n) is 4.00. The van der Waals surface area contributed by atoms with Crippen molar-refractivity contribution in [3.8, 4) is 11.5 Å². The summed E-state index contributed by atoms with van der Waals surface area (Å²) in [5.74, 6) is 0.861. The molecule has 0 N–H and O–H groups in total. The molecule has 0 spiro atoms. The van der Waals surface area contributed by atoms with Crippen molar-refractivity contribution in [2.75, 3.05) is 39.6 Å². The van der Waals surface area contributed by atoms with E-state index in [1.54, 1.807) is 18.2 Å². The monoisotopic (exact) mass is 411 g/mol. The van der Waals surface area contributed by atoms with Gasteiger partial charge in [-0.05, 0) is 23.8 Å².